The van der Waals surface area contributed by atoms with Gasteiger partial charge in [-0.25, -0.2) is 0 Å². The van der Waals surface area contributed by atoms with E-state index < -0.39 is 4.92 Å². The van der Waals surface area contributed by atoms with Crippen LogP contribution in [0.1, 0.15) is 51.0 Å². The summed E-state index contributed by atoms with van der Waals surface area (Å²) in [5.41, 5.74) is 0.721. The number of nitriles is 1. The zero-order chi connectivity index (χ0) is 15.2. The van der Waals surface area contributed by atoms with Crippen LogP contribution in [0.5, 0.6) is 0 Å². The molecule has 1 aliphatic carbocycles. The Morgan fingerprint density at radius 2 is 2.10 bits per heavy atom. The van der Waals surface area contributed by atoms with Crippen molar-refractivity contribution in [2.24, 2.45) is 5.92 Å². The molecule has 0 amide bonds. The standard InChI is InChI=1S/C16H21N3O2/c1-2-3-12-4-7-14(8-5-12)18-15-9-6-13(11-17)16(10-15)19(20)21/h6,9-10,12,14,18H,2-5,7-8H2,1H3. The Bertz CT molecular complexity index is 543. The number of anilines is 1. The van der Waals surface area contributed by atoms with Gasteiger partial charge < -0.3 is 5.32 Å². The Morgan fingerprint density at radius 1 is 1.38 bits per heavy atom. The summed E-state index contributed by atoms with van der Waals surface area (Å²) in [6.07, 6.45) is 7.21. The molecule has 0 spiro atoms. The largest absolute Gasteiger partial charge is 0.382 e. The Morgan fingerprint density at radius 3 is 2.67 bits per heavy atom. The third kappa shape index (κ3) is 3.94. The van der Waals surface area contributed by atoms with E-state index in [0.717, 1.165) is 24.4 Å². The van der Waals surface area contributed by atoms with Gasteiger partial charge in [0, 0.05) is 17.8 Å². The molecule has 112 valence electrons. The molecule has 0 atom stereocenters. The Balaban J connectivity index is 2.00. The molecule has 1 saturated carbocycles. The number of benzene rings is 1. The van der Waals surface area contributed by atoms with Gasteiger partial charge in [0.05, 0.1) is 4.92 Å². The van der Waals surface area contributed by atoms with Crippen LogP contribution in [0.15, 0.2) is 18.2 Å². The molecule has 0 heterocycles. The third-order valence-electron chi connectivity index (χ3n) is 4.23. The molecule has 0 aliphatic heterocycles. The fourth-order valence-corrected chi connectivity index (χ4v) is 3.11. The topological polar surface area (TPSA) is 79.0 Å². The SMILES string of the molecule is CCCC1CCC(Nc2ccc(C#N)c([N+](=O)[O-])c2)CC1. The summed E-state index contributed by atoms with van der Waals surface area (Å²) in [6, 6.07) is 6.98. The highest BCUT2D eigenvalue weighted by Gasteiger charge is 2.21. The normalized spacial score (nSPS) is 21.5. The lowest BCUT2D eigenvalue weighted by molar-refractivity contribution is -0.385. The van der Waals surface area contributed by atoms with Gasteiger partial charge in [-0.1, -0.05) is 19.8 Å². The maximum Gasteiger partial charge on any atom is 0.289 e. The predicted octanol–water partition coefficient (Wildman–Crippen LogP) is 4.24. The van der Waals surface area contributed by atoms with Gasteiger partial charge in [0.15, 0.2) is 0 Å². The summed E-state index contributed by atoms with van der Waals surface area (Å²) in [7, 11) is 0. The summed E-state index contributed by atoms with van der Waals surface area (Å²) in [4.78, 5) is 10.5. The minimum absolute atomic E-state index is 0.109. The van der Waals surface area contributed by atoms with Crippen molar-refractivity contribution >= 4 is 11.4 Å². The molecule has 1 aromatic carbocycles. The number of rotatable bonds is 5. The van der Waals surface area contributed by atoms with Crippen LogP contribution in [0.25, 0.3) is 0 Å². The van der Waals surface area contributed by atoms with Gasteiger partial charge in [0.2, 0.25) is 0 Å². The molecule has 1 fully saturated rings. The first kappa shape index (κ1) is 15.3. The highest BCUT2D eigenvalue weighted by Crippen LogP contribution is 2.30. The highest BCUT2D eigenvalue weighted by molar-refractivity contribution is 5.59. The zero-order valence-electron chi connectivity index (χ0n) is 12.3. The molecule has 5 nitrogen and oxygen atoms in total. The minimum atomic E-state index is -0.498. The van der Waals surface area contributed by atoms with E-state index in [-0.39, 0.29) is 11.3 Å². The number of hydrogen-bond acceptors (Lipinski definition) is 4. The summed E-state index contributed by atoms with van der Waals surface area (Å²) >= 11 is 0. The van der Waals surface area contributed by atoms with E-state index in [1.807, 2.05) is 6.07 Å². The fourth-order valence-electron chi connectivity index (χ4n) is 3.11. The predicted molar refractivity (Wildman–Crippen MR) is 82.1 cm³/mol. The lowest BCUT2D eigenvalue weighted by Crippen LogP contribution is -2.26. The lowest BCUT2D eigenvalue weighted by atomic mass is 9.83. The van der Waals surface area contributed by atoms with Crippen molar-refractivity contribution in [2.75, 3.05) is 5.32 Å². The summed E-state index contributed by atoms with van der Waals surface area (Å²) in [5.74, 6) is 0.836. The van der Waals surface area contributed by atoms with E-state index in [1.165, 1.54) is 37.8 Å². The average Bonchev–Trinajstić information content (AvgIpc) is 2.49. The Hall–Kier alpha value is -2.09. The van der Waals surface area contributed by atoms with Crippen LogP contribution in [-0.2, 0) is 0 Å². The summed E-state index contributed by atoms with van der Waals surface area (Å²) < 4.78 is 0. The van der Waals surface area contributed by atoms with E-state index in [2.05, 4.69) is 12.2 Å². The number of hydrogen-bond donors (Lipinski definition) is 1. The van der Waals surface area contributed by atoms with Gasteiger partial charge in [-0.15, -0.1) is 0 Å². The Kier molecular flexibility index (Phi) is 5.15. The van der Waals surface area contributed by atoms with E-state index in [4.69, 9.17) is 5.26 Å². The molecule has 1 aromatic rings. The van der Waals surface area contributed by atoms with E-state index in [0.29, 0.717) is 6.04 Å². The second kappa shape index (κ2) is 7.07. The highest BCUT2D eigenvalue weighted by atomic mass is 16.6. The number of nitro groups is 1. The Labute approximate surface area is 125 Å². The molecule has 0 unspecified atom stereocenters. The monoisotopic (exact) mass is 287 g/mol. The summed E-state index contributed by atoms with van der Waals surface area (Å²) in [6.45, 7) is 2.22. The number of nitro benzene ring substituents is 1. The van der Waals surface area contributed by atoms with E-state index in [1.54, 1.807) is 6.07 Å². The van der Waals surface area contributed by atoms with Gasteiger partial charge in [-0.3, -0.25) is 10.1 Å². The van der Waals surface area contributed by atoms with Crippen LogP contribution in [0.3, 0.4) is 0 Å². The third-order valence-corrected chi connectivity index (χ3v) is 4.23. The molecule has 0 aromatic heterocycles. The molecule has 0 radical (unpaired) electrons. The molecule has 0 saturated heterocycles. The quantitative estimate of drug-likeness (QED) is 0.649. The van der Waals surface area contributed by atoms with Gasteiger partial charge in [0.1, 0.15) is 11.6 Å². The molecule has 2 rings (SSSR count). The van der Waals surface area contributed by atoms with Gasteiger partial charge in [-0.2, -0.15) is 5.26 Å². The molecule has 1 aliphatic rings. The van der Waals surface area contributed by atoms with Gasteiger partial charge in [-0.05, 0) is 43.7 Å². The van der Waals surface area contributed by atoms with Crippen LogP contribution in [0.4, 0.5) is 11.4 Å². The zero-order valence-corrected chi connectivity index (χ0v) is 12.3. The van der Waals surface area contributed by atoms with Gasteiger partial charge in [0.25, 0.3) is 5.69 Å². The van der Waals surface area contributed by atoms with Crippen LogP contribution < -0.4 is 5.32 Å². The first-order valence-electron chi connectivity index (χ1n) is 7.59. The first-order valence-corrected chi connectivity index (χ1v) is 7.59. The van der Waals surface area contributed by atoms with E-state index in [9.17, 15) is 10.1 Å². The second-order valence-corrected chi connectivity index (χ2v) is 5.75. The van der Waals surface area contributed by atoms with E-state index >= 15 is 0 Å². The molecule has 5 heteroatoms. The second-order valence-electron chi connectivity index (χ2n) is 5.75. The van der Waals surface area contributed by atoms with Crippen LogP contribution in [-0.4, -0.2) is 11.0 Å². The fraction of sp³-hybridized carbons (Fsp3) is 0.562. The first-order chi connectivity index (χ1) is 10.1. The van der Waals surface area contributed by atoms with Crippen LogP contribution in [0.2, 0.25) is 0 Å². The van der Waals surface area contributed by atoms with Crippen molar-refractivity contribution in [3.63, 3.8) is 0 Å². The van der Waals surface area contributed by atoms with Crippen molar-refractivity contribution < 1.29 is 4.92 Å². The number of nitrogens with zero attached hydrogens (tertiary/aromatic N) is 2. The van der Waals surface area contributed by atoms with Crippen molar-refractivity contribution in [1.82, 2.24) is 0 Å². The maximum absolute atomic E-state index is 11.0. The average molecular weight is 287 g/mol. The summed E-state index contributed by atoms with van der Waals surface area (Å²) in [5, 5.41) is 23.2. The van der Waals surface area contributed by atoms with Gasteiger partial charge >= 0.3 is 0 Å². The lowest BCUT2D eigenvalue weighted by Gasteiger charge is -2.29. The van der Waals surface area contributed by atoms with Crippen LogP contribution in [0, 0.1) is 27.4 Å². The molecule has 0 bridgehead atoms. The molecule has 21 heavy (non-hydrogen) atoms. The van der Waals surface area contributed by atoms with Crippen molar-refractivity contribution in [3.8, 4) is 6.07 Å². The number of nitrogens with one attached hydrogen (secondary N) is 1. The maximum atomic E-state index is 11.0. The van der Waals surface area contributed by atoms with Crippen molar-refractivity contribution in [3.05, 3.63) is 33.9 Å². The van der Waals surface area contributed by atoms with Crippen LogP contribution >= 0.6 is 0 Å². The van der Waals surface area contributed by atoms with Crippen molar-refractivity contribution in [2.45, 2.75) is 51.5 Å². The minimum Gasteiger partial charge on any atom is -0.382 e. The molecular formula is C16H21N3O2. The van der Waals surface area contributed by atoms with Crippen molar-refractivity contribution in [1.29, 1.82) is 5.26 Å². The smallest absolute Gasteiger partial charge is 0.289 e. The molecular weight excluding hydrogens is 266 g/mol. The molecule has 1 N–H and O–H groups in total.